The van der Waals surface area contributed by atoms with Gasteiger partial charge in [-0.15, -0.1) is 0 Å². The number of benzene rings is 2. The standard InChI is InChI=1S/C22H25NO5/c1-21(2,3)28-22(4,19(24)25)23-20(26)27-13-18-16-11-7-5-9-14(16)15-10-6-8-12-17(15)18/h5-12,18H,13H2,1-4H3,(H,23,26)(H,24,25). The summed E-state index contributed by atoms with van der Waals surface area (Å²) in [6.07, 6.45) is -0.837. The van der Waals surface area contributed by atoms with Crippen molar-refractivity contribution in [3.63, 3.8) is 0 Å². The van der Waals surface area contributed by atoms with E-state index in [9.17, 15) is 14.7 Å². The van der Waals surface area contributed by atoms with E-state index in [4.69, 9.17) is 9.47 Å². The predicted octanol–water partition coefficient (Wildman–Crippen LogP) is 4.14. The smallest absolute Gasteiger partial charge is 0.409 e. The van der Waals surface area contributed by atoms with Crippen molar-refractivity contribution in [1.29, 1.82) is 0 Å². The van der Waals surface area contributed by atoms with Crippen molar-refractivity contribution in [2.24, 2.45) is 0 Å². The Balaban J connectivity index is 1.74. The Labute approximate surface area is 164 Å². The molecular weight excluding hydrogens is 358 g/mol. The monoisotopic (exact) mass is 383 g/mol. The van der Waals surface area contributed by atoms with Gasteiger partial charge in [0.15, 0.2) is 0 Å². The molecule has 0 aromatic heterocycles. The first kappa shape index (κ1) is 19.9. The molecule has 2 aromatic carbocycles. The van der Waals surface area contributed by atoms with E-state index in [2.05, 4.69) is 5.32 Å². The van der Waals surface area contributed by atoms with Gasteiger partial charge in [0.05, 0.1) is 5.60 Å². The van der Waals surface area contributed by atoms with Gasteiger partial charge in [-0.3, -0.25) is 5.32 Å². The maximum atomic E-state index is 12.4. The number of carbonyl (C=O) groups is 2. The number of hydrogen-bond donors (Lipinski definition) is 2. The second-order valence-electron chi connectivity index (χ2n) is 8.00. The Hall–Kier alpha value is -2.86. The third-order valence-electron chi connectivity index (χ3n) is 4.60. The summed E-state index contributed by atoms with van der Waals surface area (Å²) in [7, 11) is 0. The molecule has 1 amide bonds. The summed E-state index contributed by atoms with van der Waals surface area (Å²) in [5, 5.41) is 11.8. The molecule has 2 N–H and O–H groups in total. The molecule has 0 bridgehead atoms. The highest BCUT2D eigenvalue weighted by Gasteiger charge is 2.41. The quantitative estimate of drug-likeness (QED) is 0.758. The normalized spacial score (nSPS) is 15.3. The largest absolute Gasteiger partial charge is 0.478 e. The van der Waals surface area contributed by atoms with Crippen LogP contribution in [0.5, 0.6) is 0 Å². The zero-order chi connectivity index (χ0) is 20.5. The van der Waals surface area contributed by atoms with Crippen LogP contribution in [0.1, 0.15) is 44.7 Å². The Morgan fingerprint density at radius 3 is 1.93 bits per heavy atom. The van der Waals surface area contributed by atoms with Gasteiger partial charge in [0.1, 0.15) is 6.61 Å². The van der Waals surface area contributed by atoms with Gasteiger partial charge in [0, 0.05) is 5.92 Å². The molecule has 0 saturated carbocycles. The van der Waals surface area contributed by atoms with Crippen molar-refractivity contribution >= 4 is 12.1 Å². The van der Waals surface area contributed by atoms with E-state index in [0.717, 1.165) is 22.3 Å². The van der Waals surface area contributed by atoms with Gasteiger partial charge in [0.25, 0.3) is 0 Å². The number of fused-ring (bicyclic) bond motifs is 3. The lowest BCUT2D eigenvalue weighted by atomic mass is 9.98. The third kappa shape index (κ3) is 4.02. The fourth-order valence-corrected chi connectivity index (χ4v) is 3.56. The van der Waals surface area contributed by atoms with E-state index in [0.29, 0.717) is 0 Å². The van der Waals surface area contributed by atoms with Gasteiger partial charge in [-0.05, 0) is 49.9 Å². The molecule has 3 rings (SSSR count). The number of nitrogens with one attached hydrogen (secondary N) is 1. The van der Waals surface area contributed by atoms with Crippen molar-refractivity contribution in [3.8, 4) is 11.1 Å². The van der Waals surface area contributed by atoms with E-state index in [1.807, 2.05) is 48.5 Å². The van der Waals surface area contributed by atoms with Crippen LogP contribution in [0.4, 0.5) is 4.79 Å². The average Bonchev–Trinajstić information content (AvgIpc) is 2.92. The van der Waals surface area contributed by atoms with Crippen LogP contribution < -0.4 is 5.32 Å². The fraction of sp³-hybridized carbons (Fsp3) is 0.364. The number of carbonyl (C=O) groups excluding carboxylic acids is 1. The molecule has 0 fully saturated rings. The number of carboxylic acid groups (broad SMARTS) is 1. The predicted molar refractivity (Wildman–Crippen MR) is 105 cm³/mol. The van der Waals surface area contributed by atoms with Crippen molar-refractivity contribution in [3.05, 3.63) is 59.7 Å². The lowest BCUT2D eigenvalue weighted by Crippen LogP contribution is -2.57. The van der Waals surface area contributed by atoms with Crippen LogP contribution in [0, 0.1) is 0 Å². The molecule has 6 nitrogen and oxygen atoms in total. The SMILES string of the molecule is CC(C)(C)OC(C)(NC(=O)OCC1c2ccccc2-c2ccccc21)C(=O)O. The van der Waals surface area contributed by atoms with Gasteiger partial charge in [0.2, 0.25) is 5.72 Å². The van der Waals surface area contributed by atoms with Crippen LogP contribution in [0.25, 0.3) is 11.1 Å². The first-order chi connectivity index (χ1) is 13.1. The first-order valence-corrected chi connectivity index (χ1v) is 9.17. The van der Waals surface area contributed by atoms with Crippen LogP contribution in [0.2, 0.25) is 0 Å². The highest BCUT2D eigenvalue weighted by molar-refractivity contribution is 5.83. The third-order valence-corrected chi connectivity index (χ3v) is 4.60. The van der Waals surface area contributed by atoms with Gasteiger partial charge in [-0.2, -0.15) is 0 Å². The summed E-state index contributed by atoms with van der Waals surface area (Å²) < 4.78 is 10.9. The summed E-state index contributed by atoms with van der Waals surface area (Å²) in [6, 6.07) is 16.0. The molecule has 0 radical (unpaired) electrons. The lowest BCUT2D eigenvalue weighted by Gasteiger charge is -2.33. The number of hydrogen-bond acceptors (Lipinski definition) is 4. The lowest BCUT2D eigenvalue weighted by molar-refractivity contribution is -0.186. The number of ether oxygens (including phenoxy) is 2. The highest BCUT2D eigenvalue weighted by Crippen LogP contribution is 2.44. The second-order valence-corrected chi connectivity index (χ2v) is 8.00. The molecule has 0 saturated heterocycles. The van der Waals surface area contributed by atoms with Crippen LogP contribution in [0.15, 0.2) is 48.5 Å². The van der Waals surface area contributed by atoms with Crippen LogP contribution in [-0.2, 0) is 14.3 Å². The molecule has 0 spiro atoms. The van der Waals surface area contributed by atoms with Gasteiger partial charge >= 0.3 is 12.1 Å². The summed E-state index contributed by atoms with van der Waals surface area (Å²) in [5.41, 5.74) is 1.77. The van der Waals surface area contributed by atoms with Crippen molar-refractivity contribution in [2.45, 2.75) is 44.9 Å². The van der Waals surface area contributed by atoms with Crippen molar-refractivity contribution < 1.29 is 24.2 Å². The molecule has 1 unspecified atom stereocenters. The minimum Gasteiger partial charge on any atom is -0.478 e. The molecular formula is C22H25NO5. The number of carboxylic acids is 1. The highest BCUT2D eigenvalue weighted by atomic mass is 16.6. The maximum absolute atomic E-state index is 12.4. The van der Waals surface area contributed by atoms with E-state index in [1.165, 1.54) is 6.92 Å². The summed E-state index contributed by atoms with van der Waals surface area (Å²) >= 11 is 0. The van der Waals surface area contributed by atoms with Crippen molar-refractivity contribution in [1.82, 2.24) is 5.32 Å². The van der Waals surface area contributed by atoms with Gasteiger partial charge in [-0.1, -0.05) is 48.5 Å². The van der Waals surface area contributed by atoms with Gasteiger partial charge in [-0.25, -0.2) is 9.59 Å². The zero-order valence-corrected chi connectivity index (χ0v) is 16.5. The van der Waals surface area contributed by atoms with Crippen LogP contribution in [-0.4, -0.2) is 35.1 Å². The maximum Gasteiger partial charge on any atom is 0.409 e. The summed E-state index contributed by atoms with van der Waals surface area (Å²) in [4.78, 5) is 24.0. The number of aliphatic carboxylic acids is 1. The molecule has 148 valence electrons. The molecule has 1 aliphatic rings. The molecule has 6 heteroatoms. The minimum absolute atomic E-state index is 0.0993. The van der Waals surface area contributed by atoms with E-state index in [-0.39, 0.29) is 12.5 Å². The topological polar surface area (TPSA) is 84.9 Å². The Kier molecular flexibility index (Phi) is 5.17. The Morgan fingerprint density at radius 1 is 0.964 bits per heavy atom. The molecule has 0 heterocycles. The molecule has 0 aliphatic heterocycles. The van der Waals surface area contributed by atoms with E-state index < -0.39 is 23.4 Å². The second kappa shape index (κ2) is 7.28. The first-order valence-electron chi connectivity index (χ1n) is 9.17. The van der Waals surface area contributed by atoms with Crippen LogP contribution in [0.3, 0.4) is 0 Å². The molecule has 1 atom stereocenters. The molecule has 1 aliphatic carbocycles. The van der Waals surface area contributed by atoms with E-state index >= 15 is 0 Å². The molecule has 2 aromatic rings. The minimum atomic E-state index is -1.89. The molecule has 28 heavy (non-hydrogen) atoms. The fourth-order valence-electron chi connectivity index (χ4n) is 3.56. The zero-order valence-electron chi connectivity index (χ0n) is 16.5. The van der Waals surface area contributed by atoms with Gasteiger partial charge < -0.3 is 14.6 Å². The Bertz CT molecular complexity index is 856. The number of alkyl carbamates (subject to hydrolysis) is 1. The van der Waals surface area contributed by atoms with E-state index in [1.54, 1.807) is 20.8 Å². The number of amides is 1. The van der Waals surface area contributed by atoms with Crippen LogP contribution >= 0.6 is 0 Å². The number of rotatable bonds is 5. The average molecular weight is 383 g/mol. The van der Waals surface area contributed by atoms with Crippen molar-refractivity contribution in [2.75, 3.05) is 6.61 Å². The summed E-state index contributed by atoms with van der Waals surface area (Å²) in [5.74, 6) is -1.39. The Morgan fingerprint density at radius 2 is 1.46 bits per heavy atom. The summed E-state index contributed by atoms with van der Waals surface area (Å²) in [6.45, 7) is 6.54.